The molecular weight excluding hydrogens is 474 g/mol. The van der Waals surface area contributed by atoms with Crippen LogP contribution in [0.3, 0.4) is 0 Å². The Hall–Kier alpha value is -4.32. The minimum absolute atomic E-state index is 0.00131. The molecule has 0 atom stereocenters. The van der Waals surface area contributed by atoms with E-state index in [0.29, 0.717) is 18.7 Å². The predicted octanol–water partition coefficient (Wildman–Crippen LogP) is 3.87. The second-order valence-corrected chi connectivity index (χ2v) is 9.27. The second kappa shape index (κ2) is 9.89. The van der Waals surface area contributed by atoms with Crippen molar-refractivity contribution in [2.75, 3.05) is 4.90 Å². The lowest BCUT2D eigenvalue weighted by atomic mass is 10.2. The van der Waals surface area contributed by atoms with E-state index in [-0.39, 0.29) is 35.2 Å². The Morgan fingerprint density at radius 3 is 2.54 bits per heavy atom. The maximum absolute atomic E-state index is 13.3. The van der Waals surface area contributed by atoms with E-state index < -0.39 is 26.7 Å². The lowest BCUT2D eigenvalue weighted by Gasteiger charge is -2.28. The summed E-state index contributed by atoms with van der Waals surface area (Å²) in [6.45, 7) is 2.60. The fourth-order valence-electron chi connectivity index (χ4n) is 3.54. The lowest BCUT2D eigenvalue weighted by Crippen LogP contribution is -2.36. The Morgan fingerprint density at radius 2 is 1.83 bits per heavy atom. The molecule has 1 amide bonds. The molecule has 1 N–H and O–H groups in total. The largest absolute Gasteiger partial charge is 0.492 e. The van der Waals surface area contributed by atoms with E-state index in [9.17, 15) is 23.1 Å². The van der Waals surface area contributed by atoms with Gasteiger partial charge in [0.25, 0.3) is 12.4 Å². The molecule has 4 rings (SSSR count). The first-order valence-corrected chi connectivity index (χ1v) is 12.1. The van der Waals surface area contributed by atoms with Crippen LogP contribution in [0.25, 0.3) is 0 Å². The Bertz CT molecular complexity index is 1430. The summed E-state index contributed by atoms with van der Waals surface area (Å²) in [5.74, 6) is -1.47. The van der Waals surface area contributed by atoms with Gasteiger partial charge in [-0.15, -0.1) is 10.2 Å². The van der Waals surface area contributed by atoms with E-state index in [4.69, 9.17) is 4.74 Å². The number of anilines is 1. The summed E-state index contributed by atoms with van der Waals surface area (Å²) in [4.78, 5) is 28.6. The summed E-state index contributed by atoms with van der Waals surface area (Å²) in [7, 11) is -4.32. The van der Waals surface area contributed by atoms with Crippen molar-refractivity contribution < 1.29 is 27.9 Å². The number of carbonyl (C=O) groups excluding carboxylic acids is 2. The quantitative estimate of drug-likeness (QED) is 0.369. The predicted molar refractivity (Wildman–Crippen MR) is 124 cm³/mol. The van der Waals surface area contributed by atoms with Gasteiger partial charge in [-0.2, -0.15) is 0 Å². The zero-order valence-corrected chi connectivity index (χ0v) is 19.4. The highest BCUT2D eigenvalue weighted by Crippen LogP contribution is 2.39. The molecule has 0 bridgehead atoms. The number of benzene rings is 2. The van der Waals surface area contributed by atoms with Gasteiger partial charge in [-0.3, -0.25) is 9.59 Å². The summed E-state index contributed by atoms with van der Waals surface area (Å²) in [6.07, 6.45) is 2.32. The van der Waals surface area contributed by atoms with Crippen molar-refractivity contribution in [3.05, 3.63) is 83.0 Å². The van der Waals surface area contributed by atoms with Crippen LogP contribution in [0.4, 0.5) is 11.6 Å². The minimum atomic E-state index is -4.32. The Kier molecular flexibility index (Phi) is 6.73. The summed E-state index contributed by atoms with van der Waals surface area (Å²) in [5.41, 5.74) is 0.622. The number of aryl methyl sites for hydroxylation is 1. The molecule has 1 aliphatic heterocycles. The molecule has 12 heteroatoms. The molecule has 180 valence electrons. The normalized spacial score (nSPS) is 14.7. The first-order chi connectivity index (χ1) is 16.9. The number of hydrogen-bond donors (Lipinski definition) is 1. The van der Waals surface area contributed by atoms with Gasteiger partial charge in [0, 0.05) is 18.3 Å². The first-order valence-electron chi connectivity index (χ1n) is 10.6. The summed E-state index contributed by atoms with van der Waals surface area (Å²) in [6, 6.07) is 13.9. The van der Waals surface area contributed by atoms with Crippen LogP contribution in [-0.4, -0.2) is 35.5 Å². The Balaban J connectivity index is 1.82. The van der Waals surface area contributed by atoms with Gasteiger partial charge in [0.2, 0.25) is 26.7 Å². The van der Waals surface area contributed by atoms with Gasteiger partial charge in [-0.05, 0) is 30.7 Å². The van der Waals surface area contributed by atoms with Gasteiger partial charge >= 0.3 is 0 Å². The molecule has 0 spiro atoms. The zero-order valence-electron chi connectivity index (χ0n) is 18.6. The van der Waals surface area contributed by atoms with Crippen LogP contribution in [0.15, 0.2) is 86.8 Å². The Labute approximate surface area is 200 Å². The van der Waals surface area contributed by atoms with Gasteiger partial charge in [0.1, 0.15) is 6.61 Å². The smallest absolute Gasteiger partial charge is 0.293 e. The lowest BCUT2D eigenvalue weighted by molar-refractivity contribution is -0.129. The number of hydrogen-bond acceptors (Lipinski definition) is 9. The molecule has 2 aromatic carbocycles. The number of aromatic nitrogens is 2. The molecule has 35 heavy (non-hydrogen) atoms. The molecule has 3 aromatic rings. The molecule has 0 unspecified atom stereocenters. The van der Waals surface area contributed by atoms with Gasteiger partial charge in [0.15, 0.2) is 0 Å². The van der Waals surface area contributed by atoms with E-state index in [1.54, 1.807) is 47.2 Å². The van der Waals surface area contributed by atoms with E-state index in [1.807, 2.05) is 6.92 Å². The highest BCUT2D eigenvalue weighted by atomic mass is 32.2. The van der Waals surface area contributed by atoms with E-state index in [2.05, 4.69) is 15.2 Å². The number of nitrogens with zero attached hydrogens (tertiary/aromatic N) is 5. The van der Waals surface area contributed by atoms with Crippen molar-refractivity contribution in [2.45, 2.75) is 31.4 Å². The maximum Gasteiger partial charge on any atom is 0.293 e. The number of rotatable bonds is 8. The van der Waals surface area contributed by atoms with Crippen molar-refractivity contribution in [3.8, 4) is 0 Å². The van der Waals surface area contributed by atoms with Gasteiger partial charge < -0.3 is 14.4 Å². The van der Waals surface area contributed by atoms with Gasteiger partial charge in [-0.1, -0.05) is 37.3 Å². The molecule has 0 saturated carbocycles. The zero-order chi connectivity index (χ0) is 25.0. The fourth-order valence-corrected chi connectivity index (χ4v) is 4.92. The molecule has 1 aromatic heterocycles. The Morgan fingerprint density at radius 1 is 1.11 bits per heavy atom. The maximum atomic E-state index is 13.3. The third-order valence-corrected chi connectivity index (χ3v) is 6.77. The molecule has 0 fully saturated rings. The van der Waals surface area contributed by atoms with Crippen LogP contribution in [0.2, 0.25) is 0 Å². The number of azo groups is 1. The minimum Gasteiger partial charge on any atom is -0.492 e. The molecule has 1 aliphatic rings. The number of para-hydroxylation sites is 1. The molecule has 2 heterocycles. The summed E-state index contributed by atoms with van der Waals surface area (Å²) >= 11 is 0. The van der Waals surface area contributed by atoms with E-state index >= 15 is 0 Å². The van der Waals surface area contributed by atoms with Crippen molar-refractivity contribution in [1.29, 1.82) is 0 Å². The number of aliphatic hydroxyl groups excluding tert-OH is 1. The van der Waals surface area contributed by atoms with Gasteiger partial charge in [0.05, 0.1) is 16.3 Å². The van der Waals surface area contributed by atoms with E-state index in [0.717, 1.165) is 4.90 Å². The molecule has 11 nitrogen and oxygen atoms in total. The average molecular weight is 496 g/mol. The number of imidazole rings is 1. The average Bonchev–Trinajstić information content (AvgIpc) is 3.24. The van der Waals surface area contributed by atoms with E-state index in [1.165, 1.54) is 18.2 Å². The number of amides is 1. The molecule has 0 aliphatic carbocycles. The number of sulfone groups is 1. The standard InChI is InChI=1S/C23H21N5O6S/c1-2-12-27-13-17(14-34-15-29)24-23(27)26-25-20-22(31)28(21(30)16-8-4-3-5-9-16)18-10-6-7-11-19(18)35(20,32)33/h3-11,13,15,31H,2,12,14H2,1H3. The monoisotopic (exact) mass is 495 g/mol. The fraction of sp³-hybridized carbons (Fsp3) is 0.174. The van der Waals surface area contributed by atoms with Crippen LogP contribution < -0.4 is 4.90 Å². The number of aliphatic hydroxyl groups is 1. The SMILES string of the molecule is CCCn1cc(COC=O)nc1N=NC1=C(O)N(C(=O)c2ccccc2)c2ccccc2S1(=O)=O. The third-order valence-electron chi connectivity index (χ3n) is 5.08. The summed E-state index contributed by atoms with van der Waals surface area (Å²) in [5, 5.41) is 18.0. The topological polar surface area (TPSA) is 144 Å². The van der Waals surface area contributed by atoms with Crippen molar-refractivity contribution >= 4 is 33.9 Å². The molecule has 0 saturated heterocycles. The van der Waals surface area contributed by atoms with Crippen LogP contribution in [0, 0.1) is 0 Å². The third kappa shape index (κ3) is 4.55. The van der Waals surface area contributed by atoms with Gasteiger partial charge in [-0.25, -0.2) is 18.3 Å². The highest BCUT2D eigenvalue weighted by molar-refractivity contribution is 7.95. The number of ether oxygens (including phenoxy) is 1. The highest BCUT2D eigenvalue weighted by Gasteiger charge is 2.40. The first kappa shape index (κ1) is 23.8. The number of fused-ring (bicyclic) bond motifs is 1. The van der Waals surface area contributed by atoms with Crippen LogP contribution in [0.1, 0.15) is 29.4 Å². The van der Waals surface area contributed by atoms with Crippen LogP contribution in [-0.2, 0) is 32.5 Å². The van der Waals surface area contributed by atoms with Crippen molar-refractivity contribution in [3.63, 3.8) is 0 Å². The van der Waals surface area contributed by atoms with Crippen LogP contribution in [0.5, 0.6) is 0 Å². The van der Waals surface area contributed by atoms with Crippen LogP contribution >= 0.6 is 0 Å². The molecule has 0 radical (unpaired) electrons. The molecular formula is C23H21N5O6S. The number of carbonyl (C=O) groups is 2. The summed E-state index contributed by atoms with van der Waals surface area (Å²) < 4.78 is 32.9. The van der Waals surface area contributed by atoms with Crippen molar-refractivity contribution in [1.82, 2.24) is 9.55 Å². The van der Waals surface area contributed by atoms with Crippen molar-refractivity contribution in [2.24, 2.45) is 10.2 Å². The second-order valence-electron chi connectivity index (χ2n) is 7.44.